The van der Waals surface area contributed by atoms with E-state index in [-0.39, 0.29) is 16.3 Å². The minimum atomic E-state index is -4.71. The molecule has 0 atom stereocenters. The number of aromatic carboxylic acids is 1. The molecule has 1 saturated heterocycles. The highest BCUT2D eigenvalue weighted by Gasteiger charge is 2.44. The maximum atomic E-state index is 13.8. The van der Waals surface area contributed by atoms with E-state index in [1.54, 1.807) is 24.4 Å². The van der Waals surface area contributed by atoms with Gasteiger partial charge in [0.1, 0.15) is 22.8 Å². The fourth-order valence-electron chi connectivity index (χ4n) is 6.13. The number of halogens is 4. The molecule has 7 rings (SSSR count). The Hall–Kier alpha value is -3.92. The molecule has 7 nitrogen and oxygen atoms in total. The first-order valence-electron chi connectivity index (χ1n) is 13.4. The number of pyridine rings is 2. The number of carbonyl (C=O) groups is 1. The van der Waals surface area contributed by atoms with Gasteiger partial charge in [-0.1, -0.05) is 22.8 Å². The van der Waals surface area contributed by atoms with Gasteiger partial charge in [0.25, 0.3) is 0 Å². The number of allylic oxidation sites excluding steroid dienone is 2. The van der Waals surface area contributed by atoms with E-state index in [9.17, 15) is 23.1 Å². The number of carboxylic acid groups (broad SMARTS) is 1. The summed E-state index contributed by atoms with van der Waals surface area (Å²) in [6, 6.07) is 8.82. The molecule has 2 aliphatic carbocycles. The first-order chi connectivity index (χ1) is 19.6. The molecule has 1 spiro atoms. The zero-order chi connectivity index (χ0) is 28.5. The summed E-state index contributed by atoms with van der Waals surface area (Å²) in [4.78, 5) is 21.8. The van der Waals surface area contributed by atoms with Crippen LogP contribution in [0.4, 0.5) is 18.9 Å². The normalized spacial score (nSPS) is 18.4. The SMILES string of the molecule is O=C(O)c1cc(C(F)(F)F)c2cc(N3CCC4(C=C(c5c(-c6ncccc6Cl)noc5C5CC5)C4)CC3)ccc2n1. The topological polar surface area (TPSA) is 92.3 Å². The third kappa shape index (κ3) is 4.54. The first kappa shape index (κ1) is 26.0. The number of alkyl halides is 3. The molecule has 4 heterocycles. The fourth-order valence-corrected chi connectivity index (χ4v) is 6.34. The minimum Gasteiger partial charge on any atom is -0.477 e. The van der Waals surface area contributed by atoms with Crippen molar-refractivity contribution >= 4 is 39.7 Å². The number of piperidine rings is 1. The van der Waals surface area contributed by atoms with E-state index >= 15 is 0 Å². The first-order valence-corrected chi connectivity index (χ1v) is 13.8. The van der Waals surface area contributed by atoms with E-state index in [0.717, 1.165) is 43.4 Å². The molecule has 3 aliphatic rings. The Kier molecular flexibility index (Phi) is 5.90. The minimum absolute atomic E-state index is 0.00102. The number of benzene rings is 1. The lowest BCUT2D eigenvalue weighted by Crippen LogP contribution is -2.42. The quantitative estimate of drug-likeness (QED) is 0.260. The van der Waals surface area contributed by atoms with E-state index in [1.165, 1.54) is 17.7 Å². The molecule has 3 aromatic heterocycles. The lowest BCUT2D eigenvalue weighted by atomic mass is 9.63. The summed E-state index contributed by atoms with van der Waals surface area (Å²) in [5.74, 6) is -0.235. The molecule has 41 heavy (non-hydrogen) atoms. The number of hydrogen-bond acceptors (Lipinski definition) is 6. The van der Waals surface area contributed by atoms with Gasteiger partial charge in [-0.3, -0.25) is 4.98 Å². The van der Waals surface area contributed by atoms with Gasteiger partial charge in [0.05, 0.1) is 21.7 Å². The van der Waals surface area contributed by atoms with Crippen molar-refractivity contribution in [3.8, 4) is 11.4 Å². The highest BCUT2D eigenvalue weighted by molar-refractivity contribution is 6.33. The Balaban J connectivity index is 1.14. The zero-order valence-corrected chi connectivity index (χ0v) is 22.5. The highest BCUT2D eigenvalue weighted by Crippen LogP contribution is 2.56. The van der Waals surface area contributed by atoms with Crippen molar-refractivity contribution in [1.82, 2.24) is 15.1 Å². The maximum absolute atomic E-state index is 13.8. The Bertz CT molecular complexity index is 1740. The van der Waals surface area contributed by atoms with Crippen LogP contribution in [0.25, 0.3) is 27.9 Å². The van der Waals surface area contributed by atoms with Crippen LogP contribution in [-0.2, 0) is 6.18 Å². The van der Waals surface area contributed by atoms with Gasteiger partial charge in [-0.05, 0) is 79.5 Å². The van der Waals surface area contributed by atoms with Crippen LogP contribution < -0.4 is 4.90 Å². The molecular weight excluding hydrogens is 557 g/mol. The van der Waals surface area contributed by atoms with Crippen molar-refractivity contribution in [3.63, 3.8) is 0 Å². The number of nitrogens with zero attached hydrogens (tertiary/aromatic N) is 4. The summed E-state index contributed by atoms with van der Waals surface area (Å²) in [5.41, 5.74) is 2.51. The van der Waals surface area contributed by atoms with E-state index in [4.69, 9.17) is 16.1 Å². The van der Waals surface area contributed by atoms with Gasteiger partial charge >= 0.3 is 12.1 Å². The number of hydrogen-bond donors (Lipinski definition) is 1. The van der Waals surface area contributed by atoms with E-state index < -0.39 is 23.4 Å². The number of rotatable bonds is 5. The van der Waals surface area contributed by atoms with Crippen LogP contribution in [0.2, 0.25) is 5.02 Å². The molecule has 11 heteroatoms. The number of anilines is 1. The predicted octanol–water partition coefficient (Wildman–Crippen LogP) is 7.61. The second kappa shape index (κ2) is 9.30. The molecule has 4 aromatic rings. The highest BCUT2D eigenvalue weighted by atomic mass is 35.5. The van der Waals surface area contributed by atoms with Crippen molar-refractivity contribution < 1.29 is 27.6 Å². The molecular formula is C30H24ClF3N4O3. The summed E-state index contributed by atoms with van der Waals surface area (Å²) in [6.07, 6.45) is 3.98. The van der Waals surface area contributed by atoms with Crippen molar-refractivity contribution in [2.24, 2.45) is 5.41 Å². The van der Waals surface area contributed by atoms with Gasteiger partial charge in [0.15, 0.2) is 0 Å². The van der Waals surface area contributed by atoms with E-state index in [1.807, 2.05) is 0 Å². The van der Waals surface area contributed by atoms with Gasteiger partial charge in [-0.25, -0.2) is 9.78 Å². The zero-order valence-electron chi connectivity index (χ0n) is 21.7. The summed E-state index contributed by atoms with van der Waals surface area (Å²) >= 11 is 6.45. The Labute approximate surface area is 237 Å². The predicted molar refractivity (Wildman–Crippen MR) is 147 cm³/mol. The second-order valence-corrected chi connectivity index (χ2v) is 11.5. The lowest BCUT2D eigenvalue weighted by Gasteiger charge is -2.47. The number of aromatic nitrogens is 3. The van der Waals surface area contributed by atoms with Crippen LogP contribution in [0.5, 0.6) is 0 Å². The van der Waals surface area contributed by atoms with Gasteiger partial charge in [-0.15, -0.1) is 0 Å². The van der Waals surface area contributed by atoms with Crippen molar-refractivity contribution in [3.05, 3.63) is 76.3 Å². The molecule has 0 bridgehead atoms. The third-order valence-electron chi connectivity index (χ3n) is 8.43. The molecule has 1 aromatic carbocycles. The molecule has 2 fully saturated rings. The molecule has 0 radical (unpaired) electrons. The summed E-state index contributed by atoms with van der Waals surface area (Å²) in [7, 11) is 0. The average molecular weight is 581 g/mol. The van der Waals surface area contributed by atoms with Crippen LogP contribution in [0.15, 0.2) is 53.2 Å². The van der Waals surface area contributed by atoms with Crippen molar-refractivity contribution in [2.45, 2.75) is 44.2 Å². The Morgan fingerprint density at radius 1 is 1.12 bits per heavy atom. The smallest absolute Gasteiger partial charge is 0.417 e. The van der Waals surface area contributed by atoms with Crippen LogP contribution in [0.3, 0.4) is 0 Å². The van der Waals surface area contributed by atoms with Crippen LogP contribution in [-0.4, -0.2) is 39.3 Å². The molecule has 1 aliphatic heterocycles. The summed E-state index contributed by atoms with van der Waals surface area (Å²) in [6.45, 7) is 1.35. The fraction of sp³-hybridized carbons (Fsp3) is 0.333. The summed E-state index contributed by atoms with van der Waals surface area (Å²) < 4.78 is 47.3. The monoisotopic (exact) mass is 580 g/mol. The molecule has 0 amide bonds. The van der Waals surface area contributed by atoms with E-state index in [2.05, 4.69) is 26.1 Å². The molecule has 1 N–H and O–H groups in total. The van der Waals surface area contributed by atoms with Gasteiger partial charge in [-0.2, -0.15) is 13.2 Å². The summed E-state index contributed by atoms with van der Waals surface area (Å²) in [5, 5.41) is 14.0. The average Bonchev–Trinajstić information content (AvgIpc) is 3.69. The van der Waals surface area contributed by atoms with Gasteiger partial charge in [0, 0.05) is 36.3 Å². The molecule has 1 saturated carbocycles. The standard InChI is InChI=1S/C30H24ClF3N4O3/c31-21-2-1-9-35-25(21)26-24(27(41-37-26)16-3-4-16)17-14-29(15-17)7-10-38(11-8-29)18-5-6-22-19(12-18)20(30(32,33)34)13-23(36-22)28(39)40/h1-2,5-6,9,12-14,16H,3-4,7-8,10-11,15H2,(H,39,40). The maximum Gasteiger partial charge on any atom is 0.417 e. The van der Waals surface area contributed by atoms with Crippen LogP contribution in [0.1, 0.15) is 65.4 Å². The second-order valence-electron chi connectivity index (χ2n) is 11.1. The largest absolute Gasteiger partial charge is 0.477 e. The number of fused-ring (bicyclic) bond motifs is 1. The number of carboxylic acids is 1. The molecule has 0 unspecified atom stereocenters. The van der Waals surface area contributed by atoms with E-state index in [0.29, 0.717) is 47.2 Å². The van der Waals surface area contributed by atoms with Crippen LogP contribution >= 0.6 is 11.6 Å². The van der Waals surface area contributed by atoms with Crippen molar-refractivity contribution in [2.75, 3.05) is 18.0 Å². The Morgan fingerprint density at radius 2 is 1.88 bits per heavy atom. The third-order valence-corrected chi connectivity index (χ3v) is 8.74. The van der Waals surface area contributed by atoms with Crippen molar-refractivity contribution in [1.29, 1.82) is 0 Å². The Morgan fingerprint density at radius 3 is 2.54 bits per heavy atom. The van der Waals surface area contributed by atoms with Gasteiger partial charge < -0.3 is 14.5 Å². The van der Waals surface area contributed by atoms with Gasteiger partial charge in [0.2, 0.25) is 0 Å². The molecule has 210 valence electrons. The lowest BCUT2D eigenvalue weighted by molar-refractivity contribution is -0.136. The van der Waals surface area contributed by atoms with Crippen LogP contribution in [0, 0.1) is 5.41 Å².